The number of aliphatic imine (C=N–C) groups is 1. The normalized spacial score (nSPS) is 16.6. The molecule has 0 unspecified atom stereocenters. The van der Waals surface area contributed by atoms with Gasteiger partial charge in [-0.1, -0.05) is 6.07 Å². The van der Waals surface area contributed by atoms with Crippen molar-refractivity contribution in [2.75, 3.05) is 47.9 Å². The van der Waals surface area contributed by atoms with Gasteiger partial charge < -0.3 is 25.0 Å². The Balaban J connectivity index is 1.75. The first-order chi connectivity index (χ1) is 12.2. The number of likely N-dealkylation sites (tertiary alicyclic amines) is 1. The van der Waals surface area contributed by atoms with Crippen molar-refractivity contribution < 1.29 is 9.47 Å². The molecule has 1 fully saturated rings. The fourth-order valence-electron chi connectivity index (χ4n) is 3.14. The molecule has 0 spiro atoms. The fraction of sp³-hybridized carbons (Fsp3) is 0.632. The van der Waals surface area contributed by atoms with E-state index in [9.17, 15) is 0 Å². The van der Waals surface area contributed by atoms with Crippen LogP contribution in [0, 0.1) is 5.92 Å². The number of rotatable bonds is 7. The van der Waals surface area contributed by atoms with Crippen molar-refractivity contribution in [3.8, 4) is 11.5 Å². The average Bonchev–Trinajstić information content (AvgIpc) is 2.65. The monoisotopic (exact) mass is 348 g/mol. The number of hydrogen-bond donors (Lipinski definition) is 2. The summed E-state index contributed by atoms with van der Waals surface area (Å²) in [5, 5.41) is 6.77. The van der Waals surface area contributed by atoms with Gasteiger partial charge in [-0.3, -0.25) is 4.99 Å². The first-order valence-corrected chi connectivity index (χ1v) is 9.00. The summed E-state index contributed by atoms with van der Waals surface area (Å²) < 4.78 is 10.6. The molecule has 0 aliphatic carbocycles. The lowest BCUT2D eigenvalue weighted by Crippen LogP contribution is -2.38. The molecule has 1 aromatic rings. The van der Waals surface area contributed by atoms with Crippen LogP contribution in [0.3, 0.4) is 0 Å². The average molecular weight is 348 g/mol. The van der Waals surface area contributed by atoms with Crippen LogP contribution in [-0.4, -0.2) is 58.8 Å². The van der Waals surface area contributed by atoms with Crippen LogP contribution in [0.4, 0.5) is 0 Å². The molecule has 0 saturated carbocycles. The van der Waals surface area contributed by atoms with Crippen molar-refractivity contribution in [2.45, 2.75) is 25.8 Å². The minimum atomic E-state index is 0.689. The van der Waals surface area contributed by atoms with Crippen LogP contribution in [0.15, 0.2) is 23.2 Å². The summed E-state index contributed by atoms with van der Waals surface area (Å²) in [5.41, 5.74) is 1.12. The maximum atomic E-state index is 5.35. The maximum Gasteiger partial charge on any atom is 0.191 e. The van der Waals surface area contributed by atoms with Crippen LogP contribution in [0.5, 0.6) is 11.5 Å². The summed E-state index contributed by atoms with van der Waals surface area (Å²) in [5.74, 6) is 3.15. The van der Waals surface area contributed by atoms with Gasteiger partial charge >= 0.3 is 0 Å². The van der Waals surface area contributed by atoms with E-state index >= 15 is 0 Å². The summed E-state index contributed by atoms with van der Waals surface area (Å²) >= 11 is 0. The minimum Gasteiger partial charge on any atom is -0.493 e. The summed E-state index contributed by atoms with van der Waals surface area (Å²) in [6.45, 7) is 4.09. The maximum absolute atomic E-state index is 5.35. The van der Waals surface area contributed by atoms with Crippen LogP contribution in [0.2, 0.25) is 0 Å². The van der Waals surface area contributed by atoms with Gasteiger partial charge in [0.2, 0.25) is 0 Å². The highest BCUT2D eigenvalue weighted by Gasteiger charge is 2.16. The van der Waals surface area contributed by atoms with Crippen molar-refractivity contribution >= 4 is 5.96 Å². The molecule has 25 heavy (non-hydrogen) atoms. The van der Waals surface area contributed by atoms with Crippen molar-refractivity contribution in [1.29, 1.82) is 0 Å². The van der Waals surface area contributed by atoms with Crippen molar-refractivity contribution in [2.24, 2.45) is 10.9 Å². The predicted octanol–water partition coefficient (Wildman–Crippen LogP) is 2.10. The zero-order valence-electron chi connectivity index (χ0n) is 16.0. The molecular weight excluding hydrogens is 316 g/mol. The molecule has 1 aromatic carbocycles. The number of nitrogens with one attached hydrogen (secondary N) is 2. The number of piperidine rings is 1. The predicted molar refractivity (Wildman–Crippen MR) is 103 cm³/mol. The van der Waals surface area contributed by atoms with Crippen molar-refractivity contribution in [3.63, 3.8) is 0 Å². The van der Waals surface area contributed by atoms with Crippen LogP contribution in [0.25, 0.3) is 0 Å². The van der Waals surface area contributed by atoms with Gasteiger partial charge in [-0.2, -0.15) is 0 Å². The second-order valence-corrected chi connectivity index (χ2v) is 6.58. The van der Waals surface area contributed by atoms with Gasteiger partial charge in [0.25, 0.3) is 0 Å². The fourth-order valence-corrected chi connectivity index (χ4v) is 3.14. The topological polar surface area (TPSA) is 58.1 Å². The third-order valence-electron chi connectivity index (χ3n) is 4.81. The van der Waals surface area contributed by atoms with Crippen molar-refractivity contribution in [3.05, 3.63) is 23.8 Å². The zero-order valence-corrected chi connectivity index (χ0v) is 16.0. The van der Waals surface area contributed by atoms with E-state index in [1.54, 1.807) is 21.3 Å². The number of hydrogen-bond acceptors (Lipinski definition) is 4. The van der Waals surface area contributed by atoms with Gasteiger partial charge in [0, 0.05) is 20.1 Å². The van der Waals surface area contributed by atoms with E-state index in [1.165, 1.54) is 32.4 Å². The molecule has 0 amide bonds. The van der Waals surface area contributed by atoms with Gasteiger partial charge in [-0.05, 0) is 63.0 Å². The summed E-state index contributed by atoms with van der Waals surface area (Å²) in [4.78, 5) is 6.71. The molecule has 1 aliphatic rings. The van der Waals surface area contributed by atoms with E-state index in [1.807, 2.05) is 18.2 Å². The van der Waals surface area contributed by atoms with E-state index in [0.717, 1.165) is 35.5 Å². The highest BCUT2D eigenvalue weighted by atomic mass is 16.5. The van der Waals surface area contributed by atoms with E-state index in [4.69, 9.17) is 9.47 Å². The SMILES string of the molecule is CN=C(NCCC1CCN(C)CC1)NCc1ccc(OC)c(OC)c1. The number of ether oxygens (including phenoxy) is 2. The Labute approximate surface area is 151 Å². The summed E-state index contributed by atoms with van der Waals surface area (Å²) in [6.07, 6.45) is 3.80. The van der Waals surface area contributed by atoms with E-state index in [2.05, 4.69) is 27.6 Å². The Morgan fingerprint density at radius 1 is 1.16 bits per heavy atom. The van der Waals surface area contributed by atoms with E-state index < -0.39 is 0 Å². The molecule has 140 valence electrons. The smallest absolute Gasteiger partial charge is 0.191 e. The summed E-state index contributed by atoms with van der Waals surface area (Å²) in [6, 6.07) is 5.93. The van der Waals surface area contributed by atoms with Gasteiger partial charge in [-0.15, -0.1) is 0 Å². The Kier molecular flexibility index (Phi) is 7.85. The number of benzene rings is 1. The van der Waals surface area contributed by atoms with Crippen molar-refractivity contribution in [1.82, 2.24) is 15.5 Å². The molecule has 0 aromatic heterocycles. The third-order valence-corrected chi connectivity index (χ3v) is 4.81. The highest BCUT2D eigenvalue weighted by molar-refractivity contribution is 5.79. The van der Waals surface area contributed by atoms with Gasteiger partial charge in [0.05, 0.1) is 14.2 Å². The standard InChI is InChI=1S/C19H32N4O2/c1-20-19(21-10-7-15-8-11-23(2)12-9-15)22-14-16-5-6-17(24-3)18(13-16)25-4/h5-6,13,15H,7-12,14H2,1-4H3,(H2,20,21,22). The number of nitrogens with zero attached hydrogens (tertiary/aromatic N) is 2. The quantitative estimate of drug-likeness (QED) is 0.584. The zero-order chi connectivity index (χ0) is 18.1. The number of methoxy groups -OCH3 is 2. The Morgan fingerprint density at radius 2 is 1.88 bits per heavy atom. The second kappa shape index (κ2) is 10.1. The van der Waals surface area contributed by atoms with Gasteiger partial charge in [0.1, 0.15) is 0 Å². The van der Waals surface area contributed by atoms with Gasteiger partial charge in [-0.25, -0.2) is 0 Å². The minimum absolute atomic E-state index is 0.689. The first-order valence-electron chi connectivity index (χ1n) is 9.00. The lowest BCUT2D eigenvalue weighted by atomic mass is 9.94. The molecule has 6 nitrogen and oxygen atoms in total. The highest BCUT2D eigenvalue weighted by Crippen LogP contribution is 2.27. The van der Waals surface area contributed by atoms with Crippen LogP contribution < -0.4 is 20.1 Å². The Hall–Kier alpha value is -1.95. The molecule has 6 heteroatoms. The van der Waals surface area contributed by atoms with E-state index in [0.29, 0.717) is 6.54 Å². The molecule has 2 rings (SSSR count). The molecule has 1 heterocycles. The molecule has 0 atom stereocenters. The molecule has 2 N–H and O–H groups in total. The largest absolute Gasteiger partial charge is 0.493 e. The third kappa shape index (κ3) is 6.12. The molecule has 1 saturated heterocycles. The molecule has 0 radical (unpaired) electrons. The van der Waals surface area contributed by atoms with Gasteiger partial charge in [0.15, 0.2) is 17.5 Å². The molecule has 1 aliphatic heterocycles. The molecule has 0 bridgehead atoms. The Morgan fingerprint density at radius 3 is 2.52 bits per heavy atom. The lowest BCUT2D eigenvalue weighted by molar-refractivity contribution is 0.213. The Bertz CT molecular complexity index is 554. The van der Waals surface area contributed by atoms with Crippen LogP contribution in [0.1, 0.15) is 24.8 Å². The molecular formula is C19H32N4O2. The van der Waals surface area contributed by atoms with Crippen LogP contribution >= 0.6 is 0 Å². The van der Waals surface area contributed by atoms with Crippen LogP contribution in [-0.2, 0) is 6.54 Å². The first kappa shape index (κ1) is 19.4. The lowest BCUT2D eigenvalue weighted by Gasteiger charge is -2.29. The van der Waals surface area contributed by atoms with E-state index in [-0.39, 0.29) is 0 Å². The summed E-state index contributed by atoms with van der Waals surface area (Å²) in [7, 11) is 7.30. The second-order valence-electron chi connectivity index (χ2n) is 6.58. The number of guanidine groups is 1.